The van der Waals surface area contributed by atoms with E-state index in [0.717, 1.165) is 31.8 Å². The van der Waals surface area contributed by atoms with Crippen molar-refractivity contribution in [3.63, 3.8) is 0 Å². The lowest BCUT2D eigenvalue weighted by Gasteiger charge is -2.22. The van der Waals surface area contributed by atoms with Crippen LogP contribution in [0.25, 0.3) is 0 Å². The van der Waals surface area contributed by atoms with Gasteiger partial charge in [-0.3, -0.25) is 9.48 Å². The normalized spacial score (nSPS) is 22.4. The fourth-order valence-electron chi connectivity index (χ4n) is 4.23. The molecular weight excluding hydrogens is 328 g/mol. The maximum absolute atomic E-state index is 12.8. The molecule has 0 spiro atoms. The van der Waals surface area contributed by atoms with Crippen LogP contribution in [0.15, 0.2) is 6.20 Å². The molecule has 4 rings (SSSR count). The van der Waals surface area contributed by atoms with E-state index in [2.05, 4.69) is 41.7 Å². The van der Waals surface area contributed by atoms with Gasteiger partial charge in [-0.2, -0.15) is 10.2 Å². The summed E-state index contributed by atoms with van der Waals surface area (Å²) in [5, 5.41) is 9.23. The summed E-state index contributed by atoms with van der Waals surface area (Å²) < 4.78 is 3.80. The van der Waals surface area contributed by atoms with Crippen molar-refractivity contribution in [2.24, 2.45) is 5.92 Å². The predicted molar refractivity (Wildman–Crippen MR) is 97.9 cm³/mol. The Labute approximate surface area is 154 Å². The number of hydrogen-bond acceptors (Lipinski definition) is 4. The van der Waals surface area contributed by atoms with Gasteiger partial charge in [-0.15, -0.1) is 0 Å². The molecule has 1 saturated heterocycles. The van der Waals surface area contributed by atoms with Crippen molar-refractivity contribution in [1.82, 2.24) is 29.4 Å². The first-order valence-electron chi connectivity index (χ1n) is 9.47. The SMILES string of the molecule is Cc1nc(C)n(CC(=O)N2C[C@H]3CCc4cn(C(C)(C)C)nc4[C@H]3C2)n1. The summed E-state index contributed by atoms with van der Waals surface area (Å²) >= 11 is 0. The number of fused-ring (bicyclic) bond motifs is 3. The minimum atomic E-state index is -0.0105. The molecule has 0 radical (unpaired) electrons. The van der Waals surface area contributed by atoms with Gasteiger partial charge in [-0.25, -0.2) is 9.67 Å². The molecule has 0 aromatic carbocycles. The number of rotatable bonds is 2. The van der Waals surface area contributed by atoms with Crippen LogP contribution in [0.3, 0.4) is 0 Å². The minimum absolute atomic E-state index is 0.0105. The first kappa shape index (κ1) is 17.2. The second-order valence-corrected chi connectivity index (χ2v) is 8.72. The molecule has 3 heterocycles. The van der Waals surface area contributed by atoms with E-state index in [1.807, 2.05) is 18.7 Å². The summed E-state index contributed by atoms with van der Waals surface area (Å²) in [6, 6.07) is 0. The Hall–Kier alpha value is -2.18. The standard InChI is InChI=1S/C19H28N6O/c1-12-20-13(2)24(21-12)11-17(26)23-8-14-6-7-15-9-25(19(3,4)5)22-18(15)16(14)10-23/h9,14,16H,6-8,10-11H2,1-5H3/t14-,16+/m1/s1. The molecule has 7 heteroatoms. The molecule has 1 aliphatic heterocycles. The summed E-state index contributed by atoms with van der Waals surface area (Å²) in [6.45, 7) is 12.1. The van der Waals surface area contributed by atoms with Crippen LogP contribution in [0.1, 0.15) is 56.0 Å². The first-order chi connectivity index (χ1) is 12.2. The molecule has 1 amide bonds. The highest BCUT2D eigenvalue weighted by molar-refractivity contribution is 5.76. The number of likely N-dealkylation sites (tertiary alicyclic amines) is 1. The minimum Gasteiger partial charge on any atom is -0.340 e. The molecule has 140 valence electrons. The lowest BCUT2D eigenvalue weighted by molar-refractivity contribution is -0.131. The molecule has 0 bridgehead atoms. The number of carbonyl (C=O) groups excluding carboxylic acids is 1. The zero-order chi connectivity index (χ0) is 18.6. The van der Waals surface area contributed by atoms with Crippen LogP contribution in [0.2, 0.25) is 0 Å². The largest absolute Gasteiger partial charge is 0.340 e. The van der Waals surface area contributed by atoms with Crippen LogP contribution in [-0.4, -0.2) is 48.4 Å². The number of carbonyl (C=O) groups is 1. The number of hydrogen-bond donors (Lipinski definition) is 0. The van der Waals surface area contributed by atoms with E-state index in [1.54, 1.807) is 4.68 Å². The van der Waals surface area contributed by atoms with E-state index in [0.29, 0.717) is 17.7 Å². The predicted octanol–water partition coefficient (Wildman–Crippen LogP) is 2.03. The fraction of sp³-hybridized carbons (Fsp3) is 0.684. The highest BCUT2D eigenvalue weighted by atomic mass is 16.2. The Kier molecular flexibility index (Phi) is 3.93. The zero-order valence-electron chi connectivity index (χ0n) is 16.4. The summed E-state index contributed by atoms with van der Waals surface area (Å²) in [4.78, 5) is 19.1. The average molecular weight is 356 g/mol. The highest BCUT2D eigenvalue weighted by Gasteiger charge is 2.41. The van der Waals surface area contributed by atoms with E-state index >= 15 is 0 Å². The van der Waals surface area contributed by atoms with Crippen LogP contribution in [0, 0.1) is 19.8 Å². The molecule has 0 saturated carbocycles. The lowest BCUT2D eigenvalue weighted by Crippen LogP contribution is -2.32. The van der Waals surface area contributed by atoms with Gasteiger partial charge < -0.3 is 4.90 Å². The molecule has 2 aromatic heterocycles. The van der Waals surface area contributed by atoms with Gasteiger partial charge in [0.05, 0.1) is 11.2 Å². The summed E-state index contributed by atoms with van der Waals surface area (Å²) in [6.07, 6.45) is 4.41. The monoisotopic (exact) mass is 356 g/mol. The quantitative estimate of drug-likeness (QED) is 0.826. The average Bonchev–Trinajstić information content (AvgIpc) is 3.22. The number of aromatic nitrogens is 5. The number of amides is 1. The smallest absolute Gasteiger partial charge is 0.244 e. The second kappa shape index (κ2) is 5.93. The Morgan fingerprint density at radius 1 is 1.23 bits per heavy atom. The molecule has 2 aromatic rings. The Bertz CT molecular complexity index is 843. The van der Waals surface area contributed by atoms with Crippen molar-refractivity contribution in [3.05, 3.63) is 29.1 Å². The van der Waals surface area contributed by atoms with E-state index in [-0.39, 0.29) is 18.0 Å². The van der Waals surface area contributed by atoms with Crippen molar-refractivity contribution < 1.29 is 4.79 Å². The summed E-state index contributed by atoms with van der Waals surface area (Å²) in [5.74, 6) is 2.52. The molecule has 26 heavy (non-hydrogen) atoms. The molecule has 2 aliphatic rings. The topological polar surface area (TPSA) is 68.8 Å². The first-order valence-corrected chi connectivity index (χ1v) is 9.47. The van der Waals surface area contributed by atoms with Gasteiger partial charge in [-0.1, -0.05) is 0 Å². The van der Waals surface area contributed by atoms with Gasteiger partial charge in [0.2, 0.25) is 5.91 Å². The second-order valence-electron chi connectivity index (χ2n) is 8.72. The van der Waals surface area contributed by atoms with Crippen molar-refractivity contribution in [1.29, 1.82) is 0 Å². The van der Waals surface area contributed by atoms with Crippen LogP contribution in [-0.2, 0) is 23.3 Å². The molecule has 0 N–H and O–H groups in total. The van der Waals surface area contributed by atoms with Gasteiger partial charge in [-0.05, 0) is 58.9 Å². The van der Waals surface area contributed by atoms with Crippen LogP contribution >= 0.6 is 0 Å². The maximum Gasteiger partial charge on any atom is 0.244 e. The van der Waals surface area contributed by atoms with E-state index < -0.39 is 0 Å². The third-order valence-corrected chi connectivity index (χ3v) is 5.69. The van der Waals surface area contributed by atoms with Crippen LogP contribution < -0.4 is 0 Å². The van der Waals surface area contributed by atoms with Gasteiger partial charge in [0.25, 0.3) is 0 Å². The molecular formula is C19H28N6O. The van der Waals surface area contributed by atoms with Gasteiger partial charge in [0.1, 0.15) is 18.2 Å². The van der Waals surface area contributed by atoms with Gasteiger partial charge in [0, 0.05) is 25.2 Å². The maximum atomic E-state index is 12.8. The van der Waals surface area contributed by atoms with Crippen molar-refractivity contribution in [2.45, 2.75) is 65.5 Å². The van der Waals surface area contributed by atoms with E-state index in [4.69, 9.17) is 5.10 Å². The van der Waals surface area contributed by atoms with Gasteiger partial charge >= 0.3 is 0 Å². The van der Waals surface area contributed by atoms with Crippen LogP contribution in [0.4, 0.5) is 0 Å². The number of aryl methyl sites for hydroxylation is 3. The van der Waals surface area contributed by atoms with E-state index in [9.17, 15) is 4.79 Å². The Balaban J connectivity index is 1.51. The molecule has 1 aliphatic carbocycles. The third kappa shape index (κ3) is 2.93. The summed E-state index contributed by atoms with van der Waals surface area (Å²) in [5.41, 5.74) is 2.56. The third-order valence-electron chi connectivity index (χ3n) is 5.69. The van der Waals surface area contributed by atoms with Crippen molar-refractivity contribution in [3.8, 4) is 0 Å². The van der Waals surface area contributed by atoms with E-state index in [1.165, 1.54) is 11.3 Å². The number of nitrogens with zero attached hydrogens (tertiary/aromatic N) is 6. The molecule has 1 fully saturated rings. The zero-order valence-corrected chi connectivity index (χ0v) is 16.4. The molecule has 2 atom stereocenters. The lowest BCUT2D eigenvalue weighted by atomic mass is 9.81. The Morgan fingerprint density at radius 2 is 2.00 bits per heavy atom. The summed E-state index contributed by atoms with van der Waals surface area (Å²) in [7, 11) is 0. The molecule has 7 nitrogen and oxygen atoms in total. The van der Waals surface area contributed by atoms with Crippen molar-refractivity contribution in [2.75, 3.05) is 13.1 Å². The fourth-order valence-corrected chi connectivity index (χ4v) is 4.23. The molecule has 0 unspecified atom stereocenters. The van der Waals surface area contributed by atoms with Gasteiger partial charge in [0.15, 0.2) is 0 Å². The van der Waals surface area contributed by atoms with Crippen LogP contribution in [0.5, 0.6) is 0 Å². The van der Waals surface area contributed by atoms with Crippen molar-refractivity contribution >= 4 is 5.91 Å². The highest BCUT2D eigenvalue weighted by Crippen LogP contribution is 2.41. The Morgan fingerprint density at radius 3 is 2.65 bits per heavy atom.